The van der Waals surface area contributed by atoms with Crippen molar-refractivity contribution >= 4 is 34.0 Å². The SMILES string of the molecule is COCCNC(=O)NS(=O)(=O)c1ccc(Oc2c(F)cc(C=C(C)C(=O)N=C(N)N)cc2F)cc1. The Hall–Kier alpha value is -4.04. The molecule has 3 amide bonds. The summed E-state index contributed by atoms with van der Waals surface area (Å²) in [6.45, 7) is 1.66. The zero-order valence-electron chi connectivity index (χ0n) is 18.7. The van der Waals surface area contributed by atoms with Crippen molar-refractivity contribution in [3.8, 4) is 11.5 Å². The van der Waals surface area contributed by atoms with Gasteiger partial charge in [-0.2, -0.15) is 4.99 Å². The van der Waals surface area contributed by atoms with Gasteiger partial charge in [0, 0.05) is 19.2 Å². The molecule has 0 spiro atoms. The molecule has 0 saturated heterocycles. The zero-order valence-corrected chi connectivity index (χ0v) is 19.5. The summed E-state index contributed by atoms with van der Waals surface area (Å²) in [5.41, 5.74) is 10.3. The second kappa shape index (κ2) is 11.9. The Morgan fingerprint density at radius 3 is 2.26 bits per heavy atom. The number of urea groups is 1. The van der Waals surface area contributed by atoms with Crippen LogP contribution < -0.4 is 26.2 Å². The van der Waals surface area contributed by atoms with Gasteiger partial charge in [-0.1, -0.05) is 0 Å². The number of nitrogens with one attached hydrogen (secondary N) is 2. The summed E-state index contributed by atoms with van der Waals surface area (Å²) in [5, 5.41) is 2.29. The molecule has 6 N–H and O–H groups in total. The predicted molar refractivity (Wildman–Crippen MR) is 123 cm³/mol. The maximum absolute atomic E-state index is 14.5. The van der Waals surface area contributed by atoms with Gasteiger partial charge >= 0.3 is 6.03 Å². The summed E-state index contributed by atoms with van der Waals surface area (Å²) < 4.78 is 65.3. The fourth-order valence-corrected chi connectivity index (χ4v) is 3.49. The number of ether oxygens (including phenoxy) is 2. The van der Waals surface area contributed by atoms with Crippen LogP contribution in [0.4, 0.5) is 13.6 Å². The van der Waals surface area contributed by atoms with E-state index in [-0.39, 0.29) is 34.9 Å². The van der Waals surface area contributed by atoms with Crippen molar-refractivity contribution in [3.63, 3.8) is 0 Å². The molecule has 0 bridgehead atoms. The molecule has 0 atom stereocenters. The second-order valence-corrected chi connectivity index (χ2v) is 8.59. The van der Waals surface area contributed by atoms with Crippen molar-refractivity contribution in [1.82, 2.24) is 10.0 Å². The molecule has 11 nitrogen and oxygen atoms in total. The summed E-state index contributed by atoms with van der Waals surface area (Å²) in [4.78, 5) is 26.5. The van der Waals surface area contributed by atoms with Gasteiger partial charge in [0.15, 0.2) is 23.3 Å². The molecule has 14 heteroatoms. The number of guanidine groups is 1. The summed E-state index contributed by atoms with van der Waals surface area (Å²) in [6, 6.07) is 5.39. The molecule has 2 rings (SSSR count). The summed E-state index contributed by atoms with van der Waals surface area (Å²) in [5.74, 6) is -4.21. The van der Waals surface area contributed by atoms with Crippen molar-refractivity contribution in [1.29, 1.82) is 0 Å². The zero-order chi connectivity index (χ0) is 26.2. The lowest BCUT2D eigenvalue weighted by Crippen LogP contribution is -2.40. The first kappa shape index (κ1) is 27.2. The van der Waals surface area contributed by atoms with Gasteiger partial charge in [-0.25, -0.2) is 26.7 Å². The number of nitrogens with zero attached hydrogens (tertiary/aromatic N) is 1. The molecule has 0 aliphatic rings. The number of sulfonamides is 1. The fraction of sp³-hybridized carbons (Fsp3) is 0.190. The normalized spacial score (nSPS) is 11.5. The summed E-state index contributed by atoms with van der Waals surface area (Å²) >= 11 is 0. The van der Waals surface area contributed by atoms with Crippen LogP contribution >= 0.6 is 0 Å². The number of halogens is 2. The number of hydrogen-bond donors (Lipinski definition) is 4. The lowest BCUT2D eigenvalue weighted by Gasteiger charge is -2.11. The number of rotatable bonds is 9. The van der Waals surface area contributed by atoms with Crippen LogP contribution in [0.25, 0.3) is 6.08 Å². The van der Waals surface area contributed by atoms with E-state index >= 15 is 0 Å². The first-order chi connectivity index (χ1) is 16.4. The maximum Gasteiger partial charge on any atom is 0.328 e. The Bertz CT molecular complexity index is 1240. The van der Waals surface area contributed by atoms with E-state index in [1.54, 1.807) is 0 Å². The Morgan fingerprint density at radius 2 is 1.71 bits per heavy atom. The Morgan fingerprint density at radius 1 is 1.11 bits per heavy atom. The average molecular weight is 512 g/mol. The van der Waals surface area contributed by atoms with Crippen molar-refractivity contribution in [2.24, 2.45) is 16.5 Å². The Balaban J connectivity index is 2.16. The molecule has 0 radical (unpaired) electrons. The van der Waals surface area contributed by atoms with Gasteiger partial charge in [-0.15, -0.1) is 0 Å². The topological polar surface area (TPSA) is 175 Å². The molecule has 188 valence electrons. The number of aliphatic imine (C=N–C) groups is 1. The quantitative estimate of drug-likeness (QED) is 0.170. The standard InChI is InChI=1S/C21H23F2N5O6S/c1-12(19(29)27-20(24)25)9-13-10-16(22)18(17(23)11-13)34-14-3-5-15(6-4-14)35(31,32)28-21(30)26-7-8-33-2/h3-6,9-11H,7-8H2,1-2H3,(H2,26,28,30)(H4,24,25,27,29). The smallest absolute Gasteiger partial charge is 0.328 e. The predicted octanol–water partition coefficient (Wildman–Crippen LogP) is 1.59. The van der Waals surface area contributed by atoms with Crippen molar-refractivity contribution < 1.29 is 36.3 Å². The summed E-state index contributed by atoms with van der Waals surface area (Å²) in [6.07, 6.45) is 1.18. The monoisotopic (exact) mass is 511 g/mol. The highest BCUT2D eigenvalue weighted by atomic mass is 32.2. The van der Waals surface area contributed by atoms with Gasteiger partial charge in [-0.3, -0.25) is 4.79 Å². The van der Waals surface area contributed by atoms with E-state index < -0.39 is 45.3 Å². The van der Waals surface area contributed by atoms with Crippen LogP contribution in [0.2, 0.25) is 0 Å². The highest BCUT2D eigenvalue weighted by Crippen LogP contribution is 2.30. The number of nitrogens with two attached hydrogens (primary N) is 2. The number of methoxy groups -OCH3 is 1. The molecule has 0 aliphatic carbocycles. The molecule has 0 aliphatic heterocycles. The minimum Gasteiger partial charge on any atom is -0.451 e. The maximum atomic E-state index is 14.5. The highest BCUT2D eigenvalue weighted by molar-refractivity contribution is 7.90. The first-order valence-electron chi connectivity index (χ1n) is 9.81. The highest BCUT2D eigenvalue weighted by Gasteiger charge is 2.19. The van der Waals surface area contributed by atoms with E-state index in [0.717, 1.165) is 36.4 Å². The van der Waals surface area contributed by atoms with Gasteiger partial charge < -0.3 is 26.3 Å². The van der Waals surface area contributed by atoms with Gasteiger partial charge in [0.2, 0.25) is 0 Å². The summed E-state index contributed by atoms with van der Waals surface area (Å²) in [7, 11) is -2.78. The number of benzene rings is 2. The third-order valence-corrected chi connectivity index (χ3v) is 5.49. The van der Waals surface area contributed by atoms with Crippen LogP contribution in [0.5, 0.6) is 11.5 Å². The molecule has 35 heavy (non-hydrogen) atoms. The molecule has 0 saturated carbocycles. The van der Waals surface area contributed by atoms with Crippen LogP contribution in [-0.4, -0.2) is 46.6 Å². The van der Waals surface area contributed by atoms with Crippen LogP contribution in [0.15, 0.2) is 51.9 Å². The van der Waals surface area contributed by atoms with Crippen LogP contribution in [-0.2, 0) is 19.6 Å². The van der Waals surface area contributed by atoms with Gasteiger partial charge in [0.05, 0.1) is 11.5 Å². The van der Waals surface area contributed by atoms with E-state index in [4.69, 9.17) is 20.9 Å². The molecule has 2 aromatic carbocycles. The lowest BCUT2D eigenvalue weighted by atomic mass is 10.1. The Kier molecular flexibility index (Phi) is 9.25. The number of carbonyl (C=O) groups is 2. The van der Waals surface area contributed by atoms with Crippen LogP contribution in [0.3, 0.4) is 0 Å². The van der Waals surface area contributed by atoms with E-state index in [1.807, 2.05) is 4.72 Å². The molecule has 0 unspecified atom stereocenters. The molecular formula is C21H23F2N5O6S. The molecule has 2 aromatic rings. The van der Waals surface area contributed by atoms with Crippen molar-refractivity contribution in [3.05, 3.63) is 59.2 Å². The minimum atomic E-state index is -4.20. The van der Waals surface area contributed by atoms with Crippen molar-refractivity contribution in [2.45, 2.75) is 11.8 Å². The van der Waals surface area contributed by atoms with E-state index in [2.05, 4.69) is 10.3 Å². The molecular weight excluding hydrogens is 488 g/mol. The van der Waals surface area contributed by atoms with Crippen LogP contribution in [0.1, 0.15) is 12.5 Å². The lowest BCUT2D eigenvalue weighted by molar-refractivity contribution is -0.114. The fourth-order valence-electron chi connectivity index (χ4n) is 2.57. The van der Waals surface area contributed by atoms with E-state index in [9.17, 15) is 26.8 Å². The van der Waals surface area contributed by atoms with E-state index in [1.165, 1.54) is 20.1 Å². The number of amides is 3. The van der Waals surface area contributed by atoms with Crippen molar-refractivity contribution in [2.75, 3.05) is 20.3 Å². The third-order valence-electron chi connectivity index (χ3n) is 4.14. The van der Waals surface area contributed by atoms with E-state index in [0.29, 0.717) is 0 Å². The number of carbonyl (C=O) groups excluding carboxylic acids is 2. The minimum absolute atomic E-state index is 0.0142. The average Bonchev–Trinajstić information content (AvgIpc) is 2.76. The largest absolute Gasteiger partial charge is 0.451 e. The molecule has 0 aromatic heterocycles. The molecule has 0 heterocycles. The number of hydrogen-bond acceptors (Lipinski definition) is 6. The second-order valence-electron chi connectivity index (χ2n) is 6.91. The van der Waals surface area contributed by atoms with Gasteiger partial charge in [-0.05, 0) is 55.0 Å². The van der Waals surface area contributed by atoms with Gasteiger partial charge in [0.1, 0.15) is 5.75 Å². The van der Waals surface area contributed by atoms with Gasteiger partial charge in [0.25, 0.3) is 15.9 Å². The third kappa shape index (κ3) is 8.04. The van der Waals surface area contributed by atoms with Crippen LogP contribution in [0, 0.1) is 11.6 Å². The Labute approximate surface area is 199 Å². The first-order valence-corrected chi connectivity index (χ1v) is 11.3. The molecule has 0 fully saturated rings.